The lowest BCUT2D eigenvalue weighted by Gasteiger charge is -2.32. The second-order valence-corrected chi connectivity index (χ2v) is 11.1. The molecule has 186 valence electrons. The third kappa shape index (κ3) is 5.17. The van der Waals surface area contributed by atoms with E-state index in [4.69, 9.17) is 18.8 Å². The van der Waals surface area contributed by atoms with Gasteiger partial charge in [-0.2, -0.15) is 4.98 Å². The Kier molecular flexibility index (Phi) is 6.24. The monoisotopic (exact) mass is 478 g/mol. The molecule has 34 heavy (non-hydrogen) atoms. The van der Waals surface area contributed by atoms with Crippen LogP contribution in [-0.4, -0.2) is 56.3 Å². The van der Waals surface area contributed by atoms with Crippen LogP contribution < -0.4 is 10.4 Å². The van der Waals surface area contributed by atoms with Crippen molar-refractivity contribution in [3.8, 4) is 0 Å². The van der Waals surface area contributed by atoms with E-state index < -0.39 is 53.5 Å². The Bertz CT molecular complexity index is 1080. The van der Waals surface area contributed by atoms with Gasteiger partial charge in [0.2, 0.25) is 0 Å². The van der Waals surface area contributed by atoms with Crippen LogP contribution in [0.1, 0.15) is 69.2 Å². The predicted molar refractivity (Wildman–Crippen MR) is 124 cm³/mol. The molecule has 2 amide bonds. The Morgan fingerprint density at radius 1 is 1.00 bits per heavy atom. The van der Waals surface area contributed by atoms with Crippen molar-refractivity contribution in [2.24, 2.45) is 0 Å². The third-order valence-corrected chi connectivity index (χ3v) is 5.32. The number of anilines is 1. The van der Waals surface area contributed by atoms with Crippen molar-refractivity contribution in [3.05, 3.63) is 18.1 Å². The Morgan fingerprint density at radius 2 is 1.47 bits per heavy atom. The number of amides is 2. The fraction of sp³-hybridized carbons (Fsp3) is 0.636. The minimum atomic E-state index is -1.05. The standard InChI is InChI=1S/C22H32BFN4O6/c1-19(2,3)31-17(29)28(18(30)32-20(4,5)6)16-25-15-14(24)13(11-12-27(15)26-16)23-33-21(7,8)22(9,10)34-23/h11-12H,1-10H3. The number of carbonyl (C=O) groups excluding carboxylic acids is 2. The molecule has 0 unspecified atom stereocenters. The van der Waals surface area contributed by atoms with Gasteiger partial charge in [-0.1, -0.05) is 0 Å². The lowest BCUT2D eigenvalue weighted by Crippen LogP contribution is -2.44. The van der Waals surface area contributed by atoms with E-state index in [0.29, 0.717) is 4.90 Å². The van der Waals surface area contributed by atoms with Crippen LogP contribution in [-0.2, 0) is 18.8 Å². The Labute approximate surface area is 198 Å². The average Bonchev–Trinajstić information content (AvgIpc) is 3.10. The van der Waals surface area contributed by atoms with E-state index in [1.165, 1.54) is 12.3 Å². The van der Waals surface area contributed by atoms with E-state index in [1.54, 1.807) is 41.5 Å². The molecule has 3 rings (SSSR count). The second kappa shape index (κ2) is 8.19. The van der Waals surface area contributed by atoms with Crippen molar-refractivity contribution in [2.75, 3.05) is 4.90 Å². The Morgan fingerprint density at radius 3 is 1.91 bits per heavy atom. The summed E-state index contributed by atoms with van der Waals surface area (Å²) in [5, 5.41) is 4.11. The molecule has 0 saturated carbocycles. The number of ether oxygens (including phenoxy) is 2. The largest absolute Gasteiger partial charge is 0.498 e. The highest BCUT2D eigenvalue weighted by Crippen LogP contribution is 2.36. The summed E-state index contributed by atoms with van der Waals surface area (Å²) < 4.78 is 39.2. The second-order valence-electron chi connectivity index (χ2n) is 11.1. The van der Waals surface area contributed by atoms with Crippen LogP contribution in [0.4, 0.5) is 19.9 Å². The first-order chi connectivity index (χ1) is 15.3. The molecule has 0 aliphatic carbocycles. The summed E-state index contributed by atoms with van der Waals surface area (Å²) in [6.07, 6.45) is -0.661. The van der Waals surface area contributed by atoms with Crippen molar-refractivity contribution in [2.45, 2.75) is 91.6 Å². The first-order valence-electron chi connectivity index (χ1n) is 11.0. The van der Waals surface area contributed by atoms with E-state index in [1.807, 2.05) is 27.7 Å². The van der Waals surface area contributed by atoms with Crippen LogP contribution in [0.2, 0.25) is 0 Å². The summed E-state index contributed by atoms with van der Waals surface area (Å²) >= 11 is 0. The molecular weight excluding hydrogens is 446 g/mol. The van der Waals surface area contributed by atoms with Crippen molar-refractivity contribution in [1.29, 1.82) is 0 Å². The summed E-state index contributed by atoms with van der Waals surface area (Å²) in [7, 11) is -0.969. The maximum absolute atomic E-state index is 15.5. The molecule has 1 saturated heterocycles. The van der Waals surface area contributed by atoms with Crippen molar-refractivity contribution >= 4 is 36.4 Å². The normalized spacial score (nSPS) is 17.7. The fourth-order valence-electron chi connectivity index (χ4n) is 3.02. The van der Waals surface area contributed by atoms with Gasteiger partial charge >= 0.3 is 19.3 Å². The van der Waals surface area contributed by atoms with Gasteiger partial charge in [0, 0.05) is 11.7 Å². The van der Waals surface area contributed by atoms with Gasteiger partial charge in [0.15, 0.2) is 11.5 Å². The maximum Gasteiger partial charge on any atom is 0.498 e. The van der Waals surface area contributed by atoms with Gasteiger partial charge in [-0.05, 0) is 75.3 Å². The first-order valence-corrected chi connectivity index (χ1v) is 11.0. The third-order valence-electron chi connectivity index (χ3n) is 5.32. The highest BCUT2D eigenvalue weighted by Gasteiger charge is 2.52. The average molecular weight is 478 g/mol. The molecule has 10 nitrogen and oxygen atoms in total. The number of halogens is 1. The van der Waals surface area contributed by atoms with E-state index in [-0.39, 0.29) is 11.1 Å². The van der Waals surface area contributed by atoms with E-state index >= 15 is 4.39 Å². The maximum atomic E-state index is 15.5. The summed E-state index contributed by atoms with van der Waals surface area (Å²) in [6, 6.07) is 1.45. The Hall–Kier alpha value is -2.73. The number of nitrogens with zero attached hydrogens (tertiary/aromatic N) is 4. The molecule has 1 fully saturated rings. The molecule has 0 spiro atoms. The van der Waals surface area contributed by atoms with Crippen molar-refractivity contribution in [3.63, 3.8) is 0 Å². The van der Waals surface area contributed by atoms with Crippen LogP contribution >= 0.6 is 0 Å². The number of carbonyl (C=O) groups is 2. The molecule has 1 aliphatic heterocycles. The number of hydrogen-bond donors (Lipinski definition) is 0. The summed E-state index contributed by atoms with van der Waals surface area (Å²) in [6.45, 7) is 17.3. The van der Waals surface area contributed by atoms with Crippen molar-refractivity contribution < 1.29 is 32.8 Å². The number of pyridine rings is 1. The van der Waals surface area contributed by atoms with Crippen LogP contribution in [0.3, 0.4) is 0 Å². The fourth-order valence-corrected chi connectivity index (χ4v) is 3.02. The van der Waals surface area contributed by atoms with Crippen LogP contribution in [0.15, 0.2) is 12.3 Å². The topological polar surface area (TPSA) is 104 Å². The molecule has 0 N–H and O–H groups in total. The van der Waals surface area contributed by atoms with Gasteiger partial charge in [-0.25, -0.2) is 18.5 Å². The number of hydrogen-bond acceptors (Lipinski definition) is 8. The SMILES string of the molecule is CC(C)(C)OC(=O)N(C(=O)OC(C)(C)C)c1nc2c(F)c(B3OC(C)(C)C(C)(C)O3)ccn2n1. The first kappa shape index (κ1) is 25.9. The molecular formula is C22H32BFN4O6. The number of aromatic nitrogens is 3. The Balaban J connectivity index is 2.04. The van der Waals surface area contributed by atoms with Crippen molar-refractivity contribution in [1.82, 2.24) is 14.6 Å². The van der Waals surface area contributed by atoms with Gasteiger partial charge < -0.3 is 18.8 Å². The highest BCUT2D eigenvalue weighted by molar-refractivity contribution is 6.62. The van der Waals surface area contributed by atoms with E-state index in [9.17, 15) is 9.59 Å². The zero-order valence-corrected chi connectivity index (χ0v) is 21.3. The molecule has 12 heteroatoms. The molecule has 2 aromatic rings. The molecule has 2 aromatic heterocycles. The van der Waals surface area contributed by atoms with Gasteiger partial charge in [-0.3, -0.25) is 0 Å². The summed E-state index contributed by atoms with van der Waals surface area (Å²) in [5.41, 5.74) is -3.26. The zero-order valence-electron chi connectivity index (χ0n) is 21.3. The van der Waals surface area contributed by atoms with Crippen LogP contribution in [0, 0.1) is 5.82 Å². The lowest BCUT2D eigenvalue weighted by atomic mass is 9.79. The van der Waals surface area contributed by atoms with E-state index in [0.717, 1.165) is 4.52 Å². The quantitative estimate of drug-likeness (QED) is 0.600. The van der Waals surface area contributed by atoms with Crippen LogP contribution in [0.25, 0.3) is 5.65 Å². The minimum absolute atomic E-state index is 0.117. The van der Waals surface area contributed by atoms with Gasteiger partial charge in [0.1, 0.15) is 11.2 Å². The molecule has 1 aliphatic rings. The molecule has 0 atom stereocenters. The number of imide groups is 1. The number of rotatable bonds is 2. The zero-order chi connectivity index (χ0) is 25.9. The van der Waals surface area contributed by atoms with Gasteiger partial charge in [-0.15, -0.1) is 10.00 Å². The molecule has 3 heterocycles. The minimum Gasteiger partial charge on any atom is -0.443 e. The van der Waals surface area contributed by atoms with Crippen LogP contribution in [0.5, 0.6) is 0 Å². The van der Waals surface area contributed by atoms with Gasteiger partial charge in [0.05, 0.1) is 11.2 Å². The summed E-state index contributed by atoms with van der Waals surface area (Å²) in [4.78, 5) is 30.3. The number of fused-ring (bicyclic) bond motifs is 1. The smallest absolute Gasteiger partial charge is 0.443 e. The molecule has 0 aromatic carbocycles. The van der Waals surface area contributed by atoms with E-state index in [2.05, 4.69) is 10.1 Å². The lowest BCUT2D eigenvalue weighted by molar-refractivity contribution is 0.00578. The predicted octanol–water partition coefficient (Wildman–Crippen LogP) is 3.84. The summed E-state index contributed by atoms with van der Waals surface area (Å²) in [5.74, 6) is -1.15. The highest BCUT2D eigenvalue weighted by atomic mass is 19.1. The molecule has 0 bridgehead atoms. The molecule has 0 radical (unpaired) electrons. The van der Waals surface area contributed by atoms with Gasteiger partial charge in [0.25, 0.3) is 5.95 Å².